The van der Waals surface area contributed by atoms with Crippen molar-refractivity contribution in [2.45, 2.75) is 70.7 Å². The summed E-state index contributed by atoms with van der Waals surface area (Å²) in [5.41, 5.74) is 4.56. The first-order chi connectivity index (χ1) is 14.9. The average Bonchev–Trinajstić information content (AvgIpc) is 2.68. The Hall–Kier alpha value is -2.18. The zero-order chi connectivity index (χ0) is 23.7. The number of ether oxygens (including phenoxy) is 1. The first-order valence-electron chi connectivity index (χ1n) is 11.2. The van der Waals surface area contributed by atoms with Gasteiger partial charge in [0, 0.05) is 30.8 Å². The van der Waals surface area contributed by atoms with Crippen molar-refractivity contribution in [2.24, 2.45) is 0 Å². The molecule has 2 atom stereocenters. The van der Waals surface area contributed by atoms with Crippen molar-refractivity contribution in [1.29, 1.82) is 0 Å². The first-order valence-corrected chi connectivity index (χ1v) is 12.9. The molecular formula is C26H35NO4S. The van der Waals surface area contributed by atoms with Gasteiger partial charge in [-0.15, -0.1) is 0 Å². The molecule has 2 aromatic carbocycles. The van der Waals surface area contributed by atoms with E-state index in [0.717, 1.165) is 29.9 Å². The number of benzene rings is 2. The largest absolute Gasteiger partial charge is 0.372 e. The summed E-state index contributed by atoms with van der Waals surface area (Å²) in [6.07, 6.45) is 0.713. The molecule has 0 N–H and O–H groups in total. The average molecular weight is 458 g/mol. The van der Waals surface area contributed by atoms with E-state index >= 15 is 0 Å². The summed E-state index contributed by atoms with van der Waals surface area (Å²) in [5, 5.41) is 0. The Morgan fingerprint density at radius 1 is 1.03 bits per heavy atom. The second kappa shape index (κ2) is 9.36. The van der Waals surface area contributed by atoms with Gasteiger partial charge in [-0.05, 0) is 70.4 Å². The van der Waals surface area contributed by atoms with E-state index in [1.54, 1.807) is 45.0 Å². The van der Waals surface area contributed by atoms with Crippen LogP contribution in [0.25, 0.3) is 0 Å². The van der Waals surface area contributed by atoms with Crippen molar-refractivity contribution in [3.63, 3.8) is 0 Å². The predicted molar refractivity (Wildman–Crippen MR) is 130 cm³/mol. The minimum Gasteiger partial charge on any atom is -0.372 e. The maximum atomic E-state index is 12.8. The van der Waals surface area contributed by atoms with Gasteiger partial charge < -0.3 is 9.64 Å². The van der Waals surface area contributed by atoms with Crippen LogP contribution in [-0.2, 0) is 26.7 Å². The smallest absolute Gasteiger partial charge is 0.167 e. The van der Waals surface area contributed by atoms with Gasteiger partial charge in [0.25, 0.3) is 0 Å². The summed E-state index contributed by atoms with van der Waals surface area (Å²) in [6, 6.07) is 13.2. The van der Waals surface area contributed by atoms with Gasteiger partial charge in [0.15, 0.2) is 15.6 Å². The monoisotopic (exact) mass is 457 g/mol. The van der Waals surface area contributed by atoms with E-state index in [1.165, 1.54) is 0 Å². The number of morpholine rings is 1. The second-order valence-electron chi connectivity index (χ2n) is 9.94. The minimum atomic E-state index is -3.26. The van der Waals surface area contributed by atoms with Crippen molar-refractivity contribution in [3.8, 4) is 0 Å². The maximum Gasteiger partial charge on any atom is 0.167 e. The normalized spacial score (nSPS) is 19.8. The Morgan fingerprint density at radius 3 is 2.16 bits per heavy atom. The van der Waals surface area contributed by atoms with Crippen molar-refractivity contribution in [3.05, 3.63) is 64.7 Å². The van der Waals surface area contributed by atoms with Crippen molar-refractivity contribution in [2.75, 3.05) is 18.0 Å². The van der Waals surface area contributed by atoms with Gasteiger partial charge in [0.1, 0.15) is 0 Å². The summed E-state index contributed by atoms with van der Waals surface area (Å²) >= 11 is 0. The molecule has 3 rings (SSSR count). The lowest BCUT2D eigenvalue weighted by atomic mass is 9.98. The lowest BCUT2D eigenvalue weighted by Crippen LogP contribution is -2.45. The SMILES string of the molecule is Cc1cc(N2C[C@@H](C)O[C@@H](C)C2)ccc1CC(=O)c1ccc(CS(=O)(=O)C(C)(C)C)cc1. The summed E-state index contributed by atoms with van der Waals surface area (Å²) in [7, 11) is -3.26. The van der Waals surface area contributed by atoms with Crippen LogP contribution < -0.4 is 4.90 Å². The van der Waals surface area contributed by atoms with Crippen LogP contribution in [0.15, 0.2) is 42.5 Å². The molecule has 1 saturated heterocycles. The third-order valence-electron chi connectivity index (χ3n) is 6.03. The molecule has 1 aliphatic heterocycles. The standard InChI is InChI=1S/C26H35NO4S/c1-18-13-24(27-15-19(2)31-20(3)16-27)12-11-23(18)14-25(28)22-9-7-21(8-10-22)17-32(29,30)26(4,5)6/h7-13,19-20H,14-17H2,1-6H3/t19-,20+. The van der Waals surface area contributed by atoms with Crippen LogP contribution in [-0.4, -0.2) is 44.2 Å². The lowest BCUT2D eigenvalue weighted by Gasteiger charge is -2.37. The molecule has 6 heteroatoms. The van der Waals surface area contributed by atoms with Gasteiger partial charge in [0.2, 0.25) is 0 Å². The summed E-state index contributed by atoms with van der Waals surface area (Å²) < 4.78 is 29.9. The van der Waals surface area contributed by atoms with E-state index in [1.807, 2.05) is 13.0 Å². The van der Waals surface area contributed by atoms with Crippen molar-refractivity contribution >= 4 is 21.3 Å². The highest BCUT2D eigenvalue weighted by Crippen LogP contribution is 2.25. The van der Waals surface area contributed by atoms with Crippen LogP contribution in [0.5, 0.6) is 0 Å². The van der Waals surface area contributed by atoms with Gasteiger partial charge in [-0.2, -0.15) is 0 Å². The van der Waals surface area contributed by atoms with Gasteiger partial charge in [-0.1, -0.05) is 30.3 Å². The van der Waals surface area contributed by atoms with E-state index in [-0.39, 0.29) is 23.7 Å². The summed E-state index contributed by atoms with van der Waals surface area (Å²) in [5.74, 6) is 0.00400. The molecule has 0 amide bonds. The number of carbonyl (C=O) groups is 1. The highest BCUT2D eigenvalue weighted by Gasteiger charge is 2.29. The Bertz CT molecular complexity index is 1060. The third-order valence-corrected chi connectivity index (χ3v) is 8.61. The Labute approximate surface area is 192 Å². The molecular weight excluding hydrogens is 422 g/mol. The highest BCUT2D eigenvalue weighted by molar-refractivity contribution is 7.91. The molecule has 1 heterocycles. The molecule has 2 aromatic rings. The zero-order valence-corrected chi connectivity index (χ0v) is 20.8. The van der Waals surface area contributed by atoms with E-state index in [4.69, 9.17) is 4.74 Å². The maximum absolute atomic E-state index is 12.8. The van der Waals surface area contributed by atoms with Crippen LogP contribution >= 0.6 is 0 Å². The molecule has 0 unspecified atom stereocenters. The van der Waals surface area contributed by atoms with E-state index in [0.29, 0.717) is 17.5 Å². The molecule has 0 aromatic heterocycles. The predicted octanol–water partition coefficient (Wildman–Crippen LogP) is 4.75. The lowest BCUT2D eigenvalue weighted by molar-refractivity contribution is -0.00522. The number of aryl methyl sites for hydroxylation is 1. The Balaban J connectivity index is 1.68. The number of ketones is 1. The summed E-state index contributed by atoms with van der Waals surface area (Å²) in [6.45, 7) is 13.0. The highest BCUT2D eigenvalue weighted by atomic mass is 32.2. The molecule has 174 valence electrons. The zero-order valence-electron chi connectivity index (χ0n) is 20.0. The fourth-order valence-corrected chi connectivity index (χ4v) is 5.03. The fourth-order valence-electron chi connectivity index (χ4n) is 3.96. The fraction of sp³-hybridized carbons (Fsp3) is 0.500. The molecule has 0 saturated carbocycles. The number of hydrogen-bond acceptors (Lipinski definition) is 5. The van der Waals surface area contributed by atoms with Crippen LogP contribution in [0.1, 0.15) is 61.7 Å². The number of sulfone groups is 1. The topological polar surface area (TPSA) is 63.7 Å². The first kappa shape index (κ1) is 24.5. The minimum absolute atomic E-state index is 0.0235. The number of hydrogen-bond donors (Lipinski definition) is 0. The number of nitrogens with zero attached hydrogens (tertiary/aromatic N) is 1. The molecule has 1 aliphatic rings. The van der Waals surface area contributed by atoms with Gasteiger partial charge in [-0.3, -0.25) is 4.79 Å². The van der Waals surface area contributed by atoms with Gasteiger partial charge in [-0.25, -0.2) is 8.42 Å². The Morgan fingerprint density at radius 2 is 1.62 bits per heavy atom. The van der Waals surface area contributed by atoms with Crippen LogP contribution in [0.2, 0.25) is 0 Å². The molecule has 1 fully saturated rings. The van der Waals surface area contributed by atoms with Crippen molar-refractivity contribution < 1.29 is 17.9 Å². The van der Waals surface area contributed by atoms with Gasteiger partial charge in [0.05, 0.1) is 22.7 Å². The molecule has 0 bridgehead atoms. The molecule has 32 heavy (non-hydrogen) atoms. The number of anilines is 1. The second-order valence-corrected chi connectivity index (χ2v) is 12.7. The third kappa shape index (κ3) is 5.78. The Kier molecular flexibility index (Phi) is 7.15. The number of carbonyl (C=O) groups excluding carboxylic acids is 1. The van der Waals surface area contributed by atoms with Crippen molar-refractivity contribution in [1.82, 2.24) is 0 Å². The number of rotatable bonds is 6. The quantitative estimate of drug-likeness (QED) is 0.586. The van der Waals surface area contributed by atoms with Crippen LogP contribution in [0, 0.1) is 6.92 Å². The van der Waals surface area contributed by atoms with Gasteiger partial charge >= 0.3 is 0 Å². The van der Waals surface area contributed by atoms with E-state index in [9.17, 15) is 13.2 Å². The molecule has 0 spiro atoms. The van der Waals surface area contributed by atoms with Crippen LogP contribution in [0.3, 0.4) is 0 Å². The summed E-state index contributed by atoms with van der Waals surface area (Å²) in [4.78, 5) is 15.2. The van der Waals surface area contributed by atoms with Crippen LogP contribution in [0.4, 0.5) is 5.69 Å². The molecule has 0 aliphatic carbocycles. The van der Waals surface area contributed by atoms with E-state index in [2.05, 4.69) is 30.9 Å². The number of Topliss-reactive ketones (excluding diaryl/α,β-unsaturated/α-hetero) is 1. The molecule has 5 nitrogen and oxygen atoms in total. The van der Waals surface area contributed by atoms with E-state index < -0.39 is 14.6 Å². The molecule has 0 radical (unpaired) electrons.